The van der Waals surface area contributed by atoms with E-state index in [1.54, 1.807) is 30.3 Å². The molecule has 1 heterocycles. The molecule has 9 heteroatoms. The van der Waals surface area contributed by atoms with Crippen LogP contribution in [0.3, 0.4) is 0 Å². The number of pyridine rings is 1. The minimum Gasteiger partial charge on any atom is -0.507 e. The Labute approximate surface area is 161 Å². The van der Waals surface area contributed by atoms with Crippen LogP contribution in [-0.2, 0) is 0 Å². The van der Waals surface area contributed by atoms with Gasteiger partial charge in [0, 0.05) is 34.3 Å². The average molecular weight is 420 g/mol. The van der Waals surface area contributed by atoms with Crippen molar-refractivity contribution >= 4 is 33.4 Å². The molecular formula is C19H15ClF5NO2. The maximum atomic E-state index is 12.8. The fraction of sp³-hybridized carbons (Fsp3) is 0.316. The van der Waals surface area contributed by atoms with E-state index in [0.717, 1.165) is 5.39 Å². The maximum Gasteiger partial charge on any atom is 0.453 e. The van der Waals surface area contributed by atoms with E-state index in [0.29, 0.717) is 21.4 Å². The Hall–Kier alpha value is -2.35. The van der Waals surface area contributed by atoms with Gasteiger partial charge in [-0.25, -0.2) is 4.98 Å². The monoisotopic (exact) mass is 419 g/mol. The van der Waals surface area contributed by atoms with Gasteiger partial charge in [0.2, 0.25) is 0 Å². The summed E-state index contributed by atoms with van der Waals surface area (Å²) < 4.78 is 67.4. The van der Waals surface area contributed by atoms with E-state index in [-0.39, 0.29) is 30.9 Å². The lowest BCUT2D eigenvalue weighted by atomic mass is 10.1. The highest BCUT2D eigenvalue weighted by atomic mass is 35.5. The molecule has 0 amide bonds. The molecule has 0 saturated heterocycles. The first-order valence-electron chi connectivity index (χ1n) is 8.37. The molecule has 28 heavy (non-hydrogen) atoms. The summed E-state index contributed by atoms with van der Waals surface area (Å²) in [7, 11) is 0. The molecule has 0 aliphatic carbocycles. The van der Waals surface area contributed by atoms with Gasteiger partial charge >= 0.3 is 12.1 Å². The second kappa shape index (κ2) is 7.58. The van der Waals surface area contributed by atoms with E-state index < -0.39 is 18.5 Å². The highest BCUT2D eigenvalue weighted by molar-refractivity contribution is 6.31. The molecule has 0 fully saturated rings. The van der Waals surface area contributed by atoms with E-state index in [1.807, 2.05) is 0 Å². The third kappa shape index (κ3) is 4.38. The number of alkyl halides is 5. The number of halogens is 6. The molecule has 0 radical (unpaired) electrons. The van der Waals surface area contributed by atoms with Gasteiger partial charge in [-0.2, -0.15) is 22.0 Å². The van der Waals surface area contributed by atoms with Crippen LogP contribution < -0.4 is 4.74 Å². The summed E-state index contributed by atoms with van der Waals surface area (Å²) >= 11 is 5.95. The fourth-order valence-corrected chi connectivity index (χ4v) is 2.89. The normalized spacial score (nSPS) is 12.6. The second-order valence-electron chi connectivity index (χ2n) is 6.34. The highest BCUT2D eigenvalue weighted by Gasteiger charge is 2.56. The summed E-state index contributed by atoms with van der Waals surface area (Å²) in [5, 5.41) is 12.0. The molecule has 0 aliphatic heterocycles. The standard InChI is InChI=1S/C19H15ClF5NO2/c20-12-4-3-11-7-14-16(26-15(11)8-12)9-13(10-17(14)27)28-6-2-1-5-18(21,22)19(23,24)25/h3-4,7-10,27H,1-2,5-6H2. The van der Waals surface area contributed by atoms with Crippen LogP contribution in [0.1, 0.15) is 19.3 Å². The Morgan fingerprint density at radius 1 is 0.964 bits per heavy atom. The van der Waals surface area contributed by atoms with Gasteiger partial charge in [0.1, 0.15) is 11.5 Å². The molecular weight excluding hydrogens is 405 g/mol. The number of hydrogen-bond donors (Lipinski definition) is 1. The fourth-order valence-electron chi connectivity index (χ4n) is 2.72. The summed E-state index contributed by atoms with van der Waals surface area (Å²) in [5.74, 6) is -4.55. The number of hydrogen-bond acceptors (Lipinski definition) is 3. The van der Waals surface area contributed by atoms with Crippen LogP contribution in [-0.4, -0.2) is 28.8 Å². The first-order valence-corrected chi connectivity index (χ1v) is 8.75. The molecule has 0 bridgehead atoms. The van der Waals surface area contributed by atoms with Crippen molar-refractivity contribution in [3.05, 3.63) is 41.4 Å². The molecule has 1 aromatic heterocycles. The van der Waals surface area contributed by atoms with E-state index in [9.17, 15) is 27.1 Å². The molecule has 2 aromatic carbocycles. The number of aromatic nitrogens is 1. The topological polar surface area (TPSA) is 42.4 Å². The number of phenolic OH excluding ortho intramolecular Hbond substituents is 1. The first kappa shape index (κ1) is 20.4. The number of unbranched alkanes of at least 4 members (excludes halogenated alkanes) is 1. The number of phenols is 1. The molecule has 3 rings (SSSR count). The zero-order chi connectivity index (χ0) is 20.5. The van der Waals surface area contributed by atoms with Gasteiger partial charge in [-0.3, -0.25) is 0 Å². The maximum absolute atomic E-state index is 12.8. The van der Waals surface area contributed by atoms with Gasteiger partial charge in [-0.15, -0.1) is 0 Å². The van der Waals surface area contributed by atoms with Crippen molar-refractivity contribution in [1.82, 2.24) is 4.98 Å². The van der Waals surface area contributed by atoms with Gasteiger partial charge in [-0.1, -0.05) is 17.7 Å². The van der Waals surface area contributed by atoms with Gasteiger partial charge in [0.15, 0.2) is 0 Å². The van der Waals surface area contributed by atoms with Crippen LogP contribution in [0.2, 0.25) is 5.02 Å². The third-order valence-electron chi connectivity index (χ3n) is 4.21. The van der Waals surface area contributed by atoms with Gasteiger partial charge in [-0.05, 0) is 31.0 Å². The van der Waals surface area contributed by atoms with Gasteiger partial charge < -0.3 is 9.84 Å². The third-order valence-corrected chi connectivity index (χ3v) is 4.45. The SMILES string of the molecule is Oc1cc(OCCCCC(F)(F)C(F)(F)F)cc2nc3cc(Cl)ccc3cc12. The largest absolute Gasteiger partial charge is 0.507 e. The summed E-state index contributed by atoms with van der Waals surface area (Å²) in [6.07, 6.45) is -7.19. The average Bonchev–Trinajstić information content (AvgIpc) is 2.59. The van der Waals surface area contributed by atoms with Crippen molar-refractivity contribution in [3.63, 3.8) is 0 Å². The minimum absolute atomic E-state index is 0.00518. The Morgan fingerprint density at radius 3 is 2.43 bits per heavy atom. The summed E-state index contributed by atoms with van der Waals surface area (Å²) in [4.78, 5) is 4.42. The van der Waals surface area contributed by atoms with E-state index in [4.69, 9.17) is 16.3 Å². The van der Waals surface area contributed by atoms with Crippen LogP contribution in [0.15, 0.2) is 36.4 Å². The lowest BCUT2D eigenvalue weighted by Gasteiger charge is -2.19. The van der Waals surface area contributed by atoms with Crippen molar-refractivity contribution in [1.29, 1.82) is 0 Å². The highest BCUT2D eigenvalue weighted by Crippen LogP contribution is 2.39. The molecule has 1 N–H and O–H groups in total. The molecule has 3 aromatic rings. The number of ether oxygens (including phenoxy) is 1. The number of rotatable bonds is 6. The molecule has 0 unspecified atom stereocenters. The molecule has 150 valence electrons. The van der Waals surface area contributed by atoms with Crippen LogP contribution in [0, 0.1) is 0 Å². The number of aromatic hydroxyl groups is 1. The zero-order valence-corrected chi connectivity index (χ0v) is 15.1. The number of nitrogens with zero attached hydrogens (tertiary/aromatic N) is 1. The van der Waals surface area contributed by atoms with Gasteiger partial charge in [0.05, 0.1) is 17.6 Å². The van der Waals surface area contributed by atoms with Crippen molar-refractivity contribution in [3.8, 4) is 11.5 Å². The van der Waals surface area contributed by atoms with Crippen molar-refractivity contribution in [2.45, 2.75) is 31.4 Å². The molecule has 3 nitrogen and oxygen atoms in total. The van der Waals surface area contributed by atoms with E-state index in [2.05, 4.69) is 4.98 Å². The Bertz CT molecular complexity index is 1010. The lowest BCUT2D eigenvalue weighted by molar-refractivity contribution is -0.284. The van der Waals surface area contributed by atoms with Crippen LogP contribution >= 0.6 is 11.6 Å². The summed E-state index contributed by atoms with van der Waals surface area (Å²) in [5.41, 5.74) is 1.05. The Kier molecular flexibility index (Phi) is 5.52. The van der Waals surface area contributed by atoms with Crippen LogP contribution in [0.25, 0.3) is 21.8 Å². The number of benzene rings is 2. The summed E-state index contributed by atoms with van der Waals surface area (Å²) in [6, 6.07) is 9.78. The van der Waals surface area contributed by atoms with Crippen molar-refractivity contribution < 1.29 is 31.8 Å². The van der Waals surface area contributed by atoms with Gasteiger partial charge in [0.25, 0.3) is 0 Å². The van der Waals surface area contributed by atoms with Crippen LogP contribution in [0.5, 0.6) is 11.5 Å². The minimum atomic E-state index is -5.55. The smallest absolute Gasteiger partial charge is 0.453 e. The van der Waals surface area contributed by atoms with Crippen molar-refractivity contribution in [2.75, 3.05) is 6.61 Å². The van der Waals surface area contributed by atoms with Crippen molar-refractivity contribution in [2.24, 2.45) is 0 Å². The second-order valence-corrected chi connectivity index (χ2v) is 6.78. The summed E-state index contributed by atoms with van der Waals surface area (Å²) in [6.45, 7) is -0.0711. The predicted octanol–water partition coefficient (Wildman–Crippen LogP) is 6.49. The van der Waals surface area contributed by atoms with E-state index in [1.165, 1.54) is 6.07 Å². The number of fused-ring (bicyclic) bond motifs is 2. The first-order chi connectivity index (χ1) is 13.1. The zero-order valence-electron chi connectivity index (χ0n) is 14.4. The molecule has 0 aliphatic rings. The van der Waals surface area contributed by atoms with E-state index >= 15 is 0 Å². The Morgan fingerprint density at radius 2 is 1.71 bits per heavy atom. The molecule has 0 saturated carbocycles. The Balaban J connectivity index is 1.68. The predicted molar refractivity (Wildman–Crippen MR) is 96.3 cm³/mol. The molecule has 0 spiro atoms. The molecule has 0 atom stereocenters. The lowest BCUT2D eigenvalue weighted by Crippen LogP contribution is -2.36. The van der Waals surface area contributed by atoms with Crippen LogP contribution in [0.4, 0.5) is 22.0 Å². The quantitative estimate of drug-likeness (QED) is 0.282.